The first-order valence-electron chi connectivity index (χ1n) is 7.87. The average Bonchev–Trinajstić information content (AvgIpc) is 3.33. The largest absolute Gasteiger partial charge is 0.494 e. The van der Waals surface area contributed by atoms with Crippen LogP contribution in [0.3, 0.4) is 0 Å². The molecule has 0 radical (unpaired) electrons. The van der Waals surface area contributed by atoms with Crippen molar-refractivity contribution in [1.82, 2.24) is 10.6 Å². The molecule has 122 valence electrons. The Morgan fingerprint density at radius 3 is 2.73 bits per heavy atom. The molecular formula is C17H26N2O3. The number of carbonyl (C=O) groups excluding carboxylic acids is 1. The number of aliphatic hydroxyl groups is 1. The van der Waals surface area contributed by atoms with Crippen molar-refractivity contribution in [2.45, 2.75) is 45.7 Å². The van der Waals surface area contributed by atoms with Gasteiger partial charge in [-0.3, -0.25) is 0 Å². The summed E-state index contributed by atoms with van der Waals surface area (Å²) < 4.78 is 5.50. The SMILES string of the molecule is CCOc1ccc(CNC(=O)NC(C)(CO)C2CC2)cc1C. The van der Waals surface area contributed by atoms with E-state index in [1.807, 2.05) is 39.0 Å². The Labute approximate surface area is 132 Å². The van der Waals surface area contributed by atoms with Gasteiger partial charge < -0.3 is 20.5 Å². The number of aryl methyl sites for hydroxylation is 1. The summed E-state index contributed by atoms with van der Waals surface area (Å²) in [5.74, 6) is 1.26. The lowest BCUT2D eigenvalue weighted by Gasteiger charge is -2.28. The zero-order valence-electron chi connectivity index (χ0n) is 13.6. The summed E-state index contributed by atoms with van der Waals surface area (Å²) in [6.45, 7) is 6.90. The minimum atomic E-state index is -0.515. The summed E-state index contributed by atoms with van der Waals surface area (Å²) in [5.41, 5.74) is 1.56. The maximum absolute atomic E-state index is 12.0. The van der Waals surface area contributed by atoms with Gasteiger partial charge in [0.25, 0.3) is 0 Å². The lowest BCUT2D eigenvalue weighted by Crippen LogP contribution is -2.53. The fraction of sp³-hybridized carbons (Fsp3) is 0.588. The van der Waals surface area contributed by atoms with E-state index in [-0.39, 0.29) is 12.6 Å². The van der Waals surface area contributed by atoms with Gasteiger partial charge in [0.2, 0.25) is 0 Å². The maximum atomic E-state index is 12.0. The van der Waals surface area contributed by atoms with Gasteiger partial charge >= 0.3 is 6.03 Å². The van der Waals surface area contributed by atoms with Crippen molar-refractivity contribution in [2.75, 3.05) is 13.2 Å². The Morgan fingerprint density at radius 2 is 2.18 bits per heavy atom. The van der Waals surface area contributed by atoms with Gasteiger partial charge in [-0.05, 0) is 56.7 Å². The predicted molar refractivity (Wildman–Crippen MR) is 85.9 cm³/mol. The second-order valence-corrected chi connectivity index (χ2v) is 6.19. The molecule has 5 nitrogen and oxygen atoms in total. The van der Waals surface area contributed by atoms with Crippen LogP contribution >= 0.6 is 0 Å². The molecule has 1 saturated carbocycles. The quantitative estimate of drug-likeness (QED) is 0.724. The molecule has 5 heteroatoms. The van der Waals surface area contributed by atoms with Crippen molar-refractivity contribution < 1.29 is 14.6 Å². The number of carbonyl (C=O) groups is 1. The molecule has 3 N–H and O–H groups in total. The molecule has 2 amide bonds. The summed E-state index contributed by atoms with van der Waals surface area (Å²) in [5, 5.41) is 15.2. The van der Waals surface area contributed by atoms with Crippen LogP contribution in [-0.2, 0) is 6.54 Å². The fourth-order valence-corrected chi connectivity index (χ4v) is 2.62. The van der Waals surface area contributed by atoms with Gasteiger partial charge in [0.05, 0.1) is 18.8 Å². The van der Waals surface area contributed by atoms with Crippen LogP contribution in [0, 0.1) is 12.8 Å². The minimum absolute atomic E-state index is 0.0345. The molecule has 1 aromatic rings. The number of ether oxygens (including phenoxy) is 1. The molecule has 0 saturated heterocycles. The van der Waals surface area contributed by atoms with E-state index >= 15 is 0 Å². The van der Waals surface area contributed by atoms with E-state index in [1.54, 1.807) is 0 Å². The van der Waals surface area contributed by atoms with Crippen molar-refractivity contribution in [3.63, 3.8) is 0 Å². The van der Waals surface area contributed by atoms with E-state index in [0.29, 0.717) is 19.1 Å². The molecule has 1 atom stereocenters. The van der Waals surface area contributed by atoms with Crippen LogP contribution in [0.4, 0.5) is 4.79 Å². The number of rotatable bonds is 7. The van der Waals surface area contributed by atoms with Crippen LogP contribution in [0.2, 0.25) is 0 Å². The Bertz CT molecular complexity index is 529. The number of hydrogen-bond acceptors (Lipinski definition) is 3. The Hall–Kier alpha value is -1.75. The highest BCUT2D eigenvalue weighted by Gasteiger charge is 2.42. The second kappa shape index (κ2) is 7.01. The number of aliphatic hydroxyl groups excluding tert-OH is 1. The molecule has 1 aliphatic carbocycles. The van der Waals surface area contributed by atoms with Crippen molar-refractivity contribution in [3.05, 3.63) is 29.3 Å². The molecule has 0 aliphatic heterocycles. The standard InChI is InChI=1S/C17H26N2O3/c1-4-22-15-8-5-13(9-12(15)2)10-18-16(21)19-17(3,11-20)14-6-7-14/h5,8-9,14,20H,4,6-7,10-11H2,1-3H3,(H2,18,19,21). The van der Waals surface area contributed by atoms with Gasteiger partial charge in [0.1, 0.15) is 5.75 Å². The molecule has 22 heavy (non-hydrogen) atoms. The van der Waals surface area contributed by atoms with Crippen molar-refractivity contribution in [2.24, 2.45) is 5.92 Å². The van der Waals surface area contributed by atoms with Crippen LogP contribution in [0.25, 0.3) is 0 Å². The van der Waals surface area contributed by atoms with E-state index < -0.39 is 5.54 Å². The Kier molecular flexibility index (Phi) is 5.29. The number of benzene rings is 1. The highest BCUT2D eigenvalue weighted by molar-refractivity contribution is 5.74. The summed E-state index contributed by atoms with van der Waals surface area (Å²) in [6.07, 6.45) is 2.13. The molecule has 1 aliphatic rings. The second-order valence-electron chi connectivity index (χ2n) is 6.19. The fourth-order valence-electron chi connectivity index (χ4n) is 2.62. The molecule has 0 aromatic heterocycles. The average molecular weight is 306 g/mol. The zero-order valence-corrected chi connectivity index (χ0v) is 13.6. The molecule has 0 heterocycles. The summed E-state index contributed by atoms with van der Waals surface area (Å²) in [6, 6.07) is 5.65. The monoisotopic (exact) mass is 306 g/mol. The van der Waals surface area contributed by atoms with E-state index in [2.05, 4.69) is 10.6 Å². The Balaban J connectivity index is 1.87. The molecule has 1 fully saturated rings. The summed E-state index contributed by atoms with van der Waals surface area (Å²) in [4.78, 5) is 12.0. The first-order valence-corrected chi connectivity index (χ1v) is 7.87. The number of amides is 2. The van der Waals surface area contributed by atoms with Crippen molar-refractivity contribution >= 4 is 6.03 Å². The van der Waals surface area contributed by atoms with Gasteiger partial charge in [0, 0.05) is 6.54 Å². The Morgan fingerprint density at radius 1 is 1.45 bits per heavy atom. The highest BCUT2D eigenvalue weighted by Crippen LogP contribution is 2.39. The van der Waals surface area contributed by atoms with Crippen LogP contribution in [0.5, 0.6) is 5.75 Å². The van der Waals surface area contributed by atoms with Gasteiger partial charge in [0.15, 0.2) is 0 Å². The molecule has 0 bridgehead atoms. The smallest absolute Gasteiger partial charge is 0.315 e. The third kappa shape index (κ3) is 4.13. The third-order valence-corrected chi connectivity index (χ3v) is 4.20. The lowest BCUT2D eigenvalue weighted by atomic mass is 9.97. The zero-order chi connectivity index (χ0) is 16.2. The molecular weight excluding hydrogens is 280 g/mol. The van der Waals surface area contributed by atoms with Crippen molar-refractivity contribution in [1.29, 1.82) is 0 Å². The van der Waals surface area contributed by atoms with E-state index in [4.69, 9.17) is 4.74 Å². The van der Waals surface area contributed by atoms with Crippen LogP contribution in [0.15, 0.2) is 18.2 Å². The topological polar surface area (TPSA) is 70.6 Å². The van der Waals surface area contributed by atoms with Gasteiger partial charge in [-0.1, -0.05) is 12.1 Å². The van der Waals surface area contributed by atoms with Crippen LogP contribution in [-0.4, -0.2) is 29.9 Å². The van der Waals surface area contributed by atoms with Crippen molar-refractivity contribution in [3.8, 4) is 5.75 Å². The third-order valence-electron chi connectivity index (χ3n) is 4.20. The van der Waals surface area contributed by atoms with Crippen LogP contribution in [0.1, 0.15) is 37.8 Å². The maximum Gasteiger partial charge on any atom is 0.315 e. The van der Waals surface area contributed by atoms with E-state index in [1.165, 1.54) is 0 Å². The summed E-state index contributed by atoms with van der Waals surface area (Å²) in [7, 11) is 0. The number of nitrogens with one attached hydrogen (secondary N) is 2. The van der Waals surface area contributed by atoms with E-state index in [9.17, 15) is 9.90 Å². The minimum Gasteiger partial charge on any atom is -0.494 e. The molecule has 1 unspecified atom stereocenters. The van der Waals surface area contributed by atoms with Gasteiger partial charge in [-0.2, -0.15) is 0 Å². The highest BCUT2D eigenvalue weighted by atomic mass is 16.5. The molecule has 0 spiro atoms. The van der Waals surface area contributed by atoms with Gasteiger partial charge in [-0.15, -0.1) is 0 Å². The van der Waals surface area contributed by atoms with Gasteiger partial charge in [-0.25, -0.2) is 4.79 Å². The number of urea groups is 1. The normalized spacial score (nSPS) is 16.7. The van der Waals surface area contributed by atoms with E-state index in [0.717, 1.165) is 29.7 Å². The number of hydrogen-bond donors (Lipinski definition) is 3. The molecule has 1 aromatic carbocycles. The first kappa shape index (κ1) is 16.6. The first-order chi connectivity index (χ1) is 10.5. The molecule has 2 rings (SSSR count). The van der Waals surface area contributed by atoms with Crippen LogP contribution < -0.4 is 15.4 Å². The summed E-state index contributed by atoms with van der Waals surface area (Å²) >= 11 is 0. The lowest BCUT2D eigenvalue weighted by molar-refractivity contribution is 0.155. The predicted octanol–water partition coefficient (Wildman–Crippen LogP) is 2.35.